The number of anilines is 1. The molecule has 0 bridgehead atoms. The van der Waals surface area contributed by atoms with Gasteiger partial charge in [-0.15, -0.1) is 11.3 Å². The Bertz CT molecular complexity index is 1440. The van der Waals surface area contributed by atoms with Gasteiger partial charge in [0.2, 0.25) is 5.91 Å². The second-order valence-electron chi connectivity index (χ2n) is 7.01. The fourth-order valence-corrected chi connectivity index (χ4v) is 4.38. The SMILES string of the molecule is Cc1cc2c(=O)n(-c3ccccc3)c(=O)n(CC(=O)Nc3ccccc3C(F)(F)F)c2s1. The van der Waals surface area contributed by atoms with E-state index >= 15 is 0 Å². The van der Waals surface area contributed by atoms with Crippen LogP contribution in [0.15, 0.2) is 70.3 Å². The number of rotatable bonds is 4. The summed E-state index contributed by atoms with van der Waals surface area (Å²) in [6, 6.07) is 14.4. The summed E-state index contributed by atoms with van der Waals surface area (Å²) in [6.45, 7) is 1.19. The van der Waals surface area contributed by atoms with Crippen molar-refractivity contribution in [1.29, 1.82) is 0 Å². The molecule has 4 rings (SSSR count). The number of amides is 1. The largest absolute Gasteiger partial charge is 0.418 e. The first-order chi connectivity index (χ1) is 15.2. The highest BCUT2D eigenvalue weighted by molar-refractivity contribution is 7.18. The molecule has 0 radical (unpaired) electrons. The van der Waals surface area contributed by atoms with Crippen LogP contribution in [0.5, 0.6) is 0 Å². The van der Waals surface area contributed by atoms with Crippen molar-refractivity contribution >= 4 is 33.1 Å². The van der Waals surface area contributed by atoms with E-state index in [0.29, 0.717) is 5.69 Å². The van der Waals surface area contributed by atoms with Crippen molar-refractivity contribution in [3.05, 3.63) is 91.9 Å². The minimum atomic E-state index is -4.65. The van der Waals surface area contributed by atoms with E-state index in [9.17, 15) is 27.6 Å². The van der Waals surface area contributed by atoms with Crippen LogP contribution < -0.4 is 16.6 Å². The first kappa shape index (κ1) is 21.6. The van der Waals surface area contributed by atoms with Gasteiger partial charge in [0.05, 0.1) is 22.3 Å². The number of thiophene rings is 1. The number of hydrogen-bond acceptors (Lipinski definition) is 4. The summed E-state index contributed by atoms with van der Waals surface area (Å²) in [7, 11) is 0. The third kappa shape index (κ3) is 3.96. The van der Waals surface area contributed by atoms with Crippen LogP contribution in [0.2, 0.25) is 0 Å². The third-order valence-corrected chi connectivity index (χ3v) is 5.83. The van der Waals surface area contributed by atoms with Gasteiger partial charge in [0.15, 0.2) is 0 Å². The monoisotopic (exact) mass is 459 g/mol. The molecule has 164 valence electrons. The van der Waals surface area contributed by atoms with E-state index in [2.05, 4.69) is 5.32 Å². The highest BCUT2D eigenvalue weighted by Gasteiger charge is 2.33. The smallest absolute Gasteiger partial charge is 0.324 e. The topological polar surface area (TPSA) is 73.1 Å². The number of aryl methyl sites for hydroxylation is 1. The van der Waals surface area contributed by atoms with E-state index in [4.69, 9.17) is 0 Å². The Balaban J connectivity index is 1.80. The number of nitrogens with one attached hydrogen (secondary N) is 1. The van der Waals surface area contributed by atoms with Gasteiger partial charge in [-0.2, -0.15) is 13.2 Å². The van der Waals surface area contributed by atoms with Crippen LogP contribution >= 0.6 is 11.3 Å². The quantitative estimate of drug-likeness (QED) is 0.498. The average Bonchev–Trinajstić information content (AvgIpc) is 3.13. The van der Waals surface area contributed by atoms with Gasteiger partial charge in [-0.05, 0) is 37.3 Å². The Morgan fingerprint density at radius 3 is 2.38 bits per heavy atom. The standard InChI is InChI=1S/C22H16F3N3O3S/c1-13-11-15-19(30)28(14-7-3-2-4-8-14)21(31)27(20(15)32-13)12-18(29)26-17-10-6-5-9-16(17)22(23,24)25/h2-11H,12H2,1H3,(H,26,29). The van der Waals surface area contributed by atoms with Crippen molar-refractivity contribution in [2.24, 2.45) is 0 Å². The highest BCUT2D eigenvalue weighted by Crippen LogP contribution is 2.34. The molecule has 6 nitrogen and oxygen atoms in total. The molecule has 0 fully saturated rings. The van der Waals surface area contributed by atoms with Crippen molar-refractivity contribution in [3.63, 3.8) is 0 Å². The molecule has 4 aromatic rings. The van der Waals surface area contributed by atoms with Gasteiger partial charge < -0.3 is 5.32 Å². The van der Waals surface area contributed by atoms with Crippen molar-refractivity contribution in [2.45, 2.75) is 19.6 Å². The number of carbonyl (C=O) groups is 1. The zero-order valence-corrected chi connectivity index (χ0v) is 17.5. The van der Waals surface area contributed by atoms with Crippen LogP contribution in [0.4, 0.5) is 18.9 Å². The molecule has 0 spiro atoms. The normalized spacial score (nSPS) is 11.6. The molecule has 10 heteroatoms. The number of benzene rings is 2. The Hall–Kier alpha value is -3.66. The number of nitrogens with zero attached hydrogens (tertiary/aromatic N) is 2. The molecule has 1 amide bonds. The van der Waals surface area contributed by atoms with Crippen LogP contribution in [0.3, 0.4) is 0 Å². The van der Waals surface area contributed by atoms with Crippen LogP contribution in [0.25, 0.3) is 15.9 Å². The maximum Gasteiger partial charge on any atom is 0.418 e. The van der Waals surface area contributed by atoms with Gasteiger partial charge in [-0.1, -0.05) is 30.3 Å². The van der Waals surface area contributed by atoms with Crippen LogP contribution in [0, 0.1) is 6.92 Å². The Morgan fingerprint density at radius 2 is 1.69 bits per heavy atom. The summed E-state index contributed by atoms with van der Waals surface area (Å²) in [5.74, 6) is -0.825. The second kappa shape index (κ2) is 8.12. The summed E-state index contributed by atoms with van der Waals surface area (Å²) in [6.07, 6.45) is -4.65. The van der Waals surface area contributed by atoms with Crippen molar-refractivity contribution in [1.82, 2.24) is 9.13 Å². The molecule has 0 saturated carbocycles. The summed E-state index contributed by atoms with van der Waals surface area (Å²) in [5.41, 5.74) is -2.36. The Kier molecular flexibility index (Phi) is 5.47. The number of fused-ring (bicyclic) bond motifs is 1. The molecule has 0 aliphatic carbocycles. The molecular formula is C22H16F3N3O3S. The second-order valence-corrected chi connectivity index (χ2v) is 8.25. The van der Waals surface area contributed by atoms with Crippen LogP contribution in [0.1, 0.15) is 10.4 Å². The molecule has 2 heterocycles. The predicted molar refractivity (Wildman–Crippen MR) is 116 cm³/mol. The van der Waals surface area contributed by atoms with Gasteiger partial charge >= 0.3 is 11.9 Å². The van der Waals surface area contributed by atoms with E-state index < -0.39 is 41.1 Å². The van der Waals surface area contributed by atoms with Crippen LogP contribution in [-0.2, 0) is 17.5 Å². The van der Waals surface area contributed by atoms with Crippen LogP contribution in [-0.4, -0.2) is 15.0 Å². The minimum Gasteiger partial charge on any atom is -0.324 e. The van der Waals surface area contributed by atoms with E-state index in [1.165, 1.54) is 12.1 Å². The number of aromatic nitrogens is 2. The molecule has 0 atom stereocenters. The Morgan fingerprint density at radius 1 is 1.03 bits per heavy atom. The zero-order valence-electron chi connectivity index (χ0n) is 16.6. The predicted octanol–water partition coefficient (Wildman–Crippen LogP) is 4.18. The molecule has 0 aliphatic rings. The van der Waals surface area contributed by atoms with Crippen molar-refractivity contribution in [2.75, 3.05) is 5.32 Å². The number of alkyl halides is 3. The molecule has 1 N–H and O–H groups in total. The van der Waals surface area contributed by atoms with Gasteiger partial charge in [0, 0.05) is 4.88 Å². The molecule has 2 aromatic heterocycles. The number of halogens is 3. The van der Waals surface area contributed by atoms with Gasteiger partial charge in [0.1, 0.15) is 11.4 Å². The number of hydrogen-bond donors (Lipinski definition) is 1. The fraction of sp³-hybridized carbons (Fsp3) is 0.136. The van der Waals surface area contributed by atoms with E-state index in [1.54, 1.807) is 43.3 Å². The molecule has 2 aromatic carbocycles. The zero-order chi connectivity index (χ0) is 23.0. The molecule has 0 aliphatic heterocycles. The molecule has 32 heavy (non-hydrogen) atoms. The third-order valence-electron chi connectivity index (χ3n) is 4.76. The lowest BCUT2D eigenvalue weighted by molar-refractivity contribution is -0.137. The maximum atomic E-state index is 13.2. The number of carbonyl (C=O) groups excluding carboxylic acids is 1. The van der Waals surface area contributed by atoms with Crippen molar-refractivity contribution < 1.29 is 18.0 Å². The summed E-state index contributed by atoms with van der Waals surface area (Å²) >= 11 is 1.16. The highest BCUT2D eigenvalue weighted by atomic mass is 32.1. The van der Waals surface area contributed by atoms with E-state index in [1.807, 2.05) is 0 Å². The minimum absolute atomic E-state index is 0.249. The Labute approximate surface area is 183 Å². The lowest BCUT2D eigenvalue weighted by Crippen LogP contribution is -2.40. The average molecular weight is 459 g/mol. The fourth-order valence-electron chi connectivity index (χ4n) is 3.39. The van der Waals surface area contributed by atoms with E-state index in [-0.39, 0.29) is 10.2 Å². The van der Waals surface area contributed by atoms with Gasteiger partial charge in [0.25, 0.3) is 5.56 Å². The molecular weight excluding hydrogens is 443 g/mol. The molecule has 0 unspecified atom stereocenters. The van der Waals surface area contributed by atoms with Gasteiger partial charge in [-0.25, -0.2) is 9.36 Å². The number of para-hydroxylation sites is 2. The lowest BCUT2D eigenvalue weighted by atomic mass is 10.1. The lowest BCUT2D eigenvalue weighted by Gasteiger charge is -2.15. The first-order valence-corrected chi connectivity index (χ1v) is 10.3. The van der Waals surface area contributed by atoms with Gasteiger partial charge in [-0.3, -0.25) is 14.2 Å². The van der Waals surface area contributed by atoms with E-state index in [0.717, 1.165) is 37.5 Å². The summed E-state index contributed by atoms with van der Waals surface area (Å²) in [4.78, 5) is 39.9. The molecule has 0 saturated heterocycles. The maximum absolute atomic E-state index is 13.2. The summed E-state index contributed by atoms with van der Waals surface area (Å²) < 4.78 is 41.8. The summed E-state index contributed by atoms with van der Waals surface area (Å²) in [5, 5.41) is 2.49. The van der Waals surface area contributed by atoms with Crippen molar-refractivity contribution in [3.8, 4) is 5.69 Å². The first-order valence-electron chi connectivity index (χ1n) is 9.44.